The summed E-state index contributed by atoms with van der Waals surface area (Å²) >= 11 is 0. The van der Waals surface area contributed by atoms with Crippen molar-refractivity contribution in [3.63, 3.8) is 0 Å². The van der Waals surface area contributed by atoms with Crippen molar-refractivity contribution >= 4 is 0 Å². The summed E-state index contributed by atoms with van der Waals surface area (Å²) in [7, 11) is 0. The number of phenols is 1. The molecule has 18 heavy (non-hydrogen) atoms. The molecule has 1 atom stereocenters. The lowest BCUT2D eigenvalue weighted by atomic mass is 9.89. The van der Waals surface area contributed by atoms with E-state index >= 15 is 0 Å². The van der Waals surface area contributed by atoms with E-state index in [0.717, 1.165) is 12.0 Å². The van der Waals surface area contributed by atoms with Gasteiger partial charge in [0.05, 0.1) is 0 Å². The molecule has 1 nitrogen and oxygen atoms in total. The molecule has 0 spiro atoms. The zero-order chi connectivity index (χ0) is 13.1. The standard InChI is InChI=1S/C17H20O/c1-12-7-6-9-16(14(12)3)13(2)11-15-8-4-5-10-17(15)18/h4-10,13,18H,11H2,1-3H3. The Morgan fingerprint density at radius 2 is 1.72 bits per heavy atom. The molecule has 94 valence electrons. The molecule has 0 aliphatic heterocycles. The monoisotopic (exact) mass is 240 g/mol. The summed E-state index contributed by atoms with van der Waals surface area (Å²) in [6, 6.07) is 14.0. The predicted molar refractivity (Wildman–Crippen MR) is 76.1 cm³/mol. The number of aromatic hydroxyl groups is 1. The summed E-state index contributed by atoms with van der Waals surface area (Å²) < 4.78 is 0. The maximum Gasteiger partial charge on any atom is 0.118 e. The highest BCUT2D eigenvalue weighted by atomic mass is 16.3. The van der Waals surface area contributed by atoms with Crippen LogP contribution in [0.2, 0.25) is 0 Å². The summed E-state index contributed by atoms with van der Waals surface area (Å²) in [6.45, 7) is 6.53. The predicted octanol–water partition coefficient (Wildman–Crippen LogP) is 4.36. The normalized spacial score (nSPS) is 12.4. The van der Waals surface area contributed by atoms with Crippen LogP contribution in [0.1, 0.15) is 35.1 Å². The fourth-order valence-electron chi connectivity index (χ4n) is 2.43. The minimum atomic E-state index is 0.398. The lowest BCUT2D eigenvalue weighted by Gasteiger charge is -2.17. The second-order valence-corrected chi connectivity index (χ2v) is 5.02. The van der Waals surface area contributed by atoms with Crippen LogP contribution in [-0.4, -0.2) is 5.11 Å². The first-order chi connectivity index (χ1) is 8.59. The van der Waals surface area contributed by atoms with Gasteiger partial charge in [0.1, 0.15) is 5.75 Å². The smallest absolute Gasteiger partial charge is 0.118 e. The molecule has 0 aliphatic rings. The molecular formula is C17H20O. The second-order valence-electron chi connectivity index (χ2n) is 5.02. The van der Waals surface area contributed by atoms with E-state index in [1.54, 1.807) is 6.07 Å². The molecule has 2 rings (SSSR count). The first-order valence-corrected chi connectivity index (χ1v) is 6.42. The fourth-order valence-corrected chi connectivity index (χ4v) is 2.43. The van der Waals surface area contributed by atoms with Gasteiger partial charge >= 0.3 is 0 Å². The number of rotatable bonds is 3. The highest BCUT2D eigenvalue weighted by molar-refractivity contribution is 5.38. The van der Waals surface area contributed by atoms with Gasteiger partial charge in [-0.1, -0.05) is 43.3 Å². The highest BCUT2D eigenvalue weighted by Crippen LogP contribution is 2.28. The van der Waals surface area contributed by atoms with Gasteiger partial charge in [0.2, 0.25) is 0 Å². The van der Waals surface area contributed by atoms with E-state index in [-0.39, 0.29) is 0 Å². The molecule has 0 aliphatic carbocycles. The Kier molecular flexibility index (Phi) is 3.71. The van der Waals surface area contributed by atoms with Crippen LogP contribution in [0.15, 0.2) is 42.5 Å². The van der Waals surface area contributed by atoms with Gasteiger partial charge < -0.3 is 5.11 Å². The molecule has 0 saturated carbocycles. The van der Waals surface area contributed by atoms with Crippen LogP contribution in [0, 0.1) is 13.8 Å². The molecule has 0 radical (unpaired) electrons. The summed E-state index contributed by atoms with van der Waals surface area (Å²) in [4.78, 5) is 0. The van der Waals surface area contributed by atoms with E-state index in [4.69, 9.17) is 0 Å². The topological polar surface area (TPSA) is 20.2 Å². The third-order valence-electron chi connectivity index (χ3n) is 3.70. The van der Waals surface area contributed by atoms with E-state index in [9.17, 15) is 5.11 Å². The van der Waals surface area contributed by atoms with Crippen LogP contribution in [0.25, 0.3) is 0 Å². The van der Waals surface area contributed by atoms with Crippen molar-refractivity contribution in [1.29, 1.82) is 0 Å². The first kappa shape index (κ1) is 12.7. The number of hydrogen-bond acceptors (Lipinski definition) is 1. The minimum absolute atomic E-state index is 0.398. The Hall–Kier alpha value is -1.76. The van der Waals surface area contributed by atoms with Gasteiger partial charge in [-0.3, -0.25) is 0 Å². The Balaban J connectivity index is 2.25. The largest absolute Gasteiger partial charge is 0.508 e. The third-order valence-corrected chi connectivity index (χ3v) is 3.70. The second kappa shape index (κ2) is 5.26. The molecule has 0 amide bonds. The zero-order valence-corrected chi connectivity index (χ0v) is 11.3. The van der Waals surface area contributed by atoms with Gasteiger partial charge in [0, 0.05) is 0 Å². The van der Waals surface area contributed by atoms with E-state index in [1.807, 2.05) is 18.2 Å². The SMILES string of the molecule is Cc1cccc(C(C)Cc2ccccc2O)c1C. The highest BCUT2D eigenvalue weighted by Gasteiger charge is 2.12. The maximum absolute atomic E-state index is 9.83. The molecule has 2 aromatic carbocycles. The third kappa shape index (κ3) is 2.56. The van der Waals surface area contributed by atoms with Crippen LogP contribution >= 0.6 is 0 Å². The Morgan fingerprint density at radius 3 is 2.44 bits per heavy atom. The summed E-state index contributed by atoms with van der Waals surface area (Å²) in [6.07, 6.45) is 0.872. The van der Waals surface area contributed by atoms with Crippen LogP contribution in [0.4, 0.5) is 0 Å². The minimum Gasteiger partial charge on any atom is -0.508 e. The number of benzene rings is 2. The number of phenolic OH excluding ortho intramolecular Hbond substituents is 1. The molecule has 1 N–H and O–H groups in total. The molecule has 0 heterocycles. The van der Waals surface area contributed by atoms with Crippen molar-refractivity contribution in [3.05, 3.63) is 64.7 Å². The molecule has 0 aromatic heterocycles. The van der Waals surface area contributed by atoms with Gasteiger partial charge in [-0.05, 0) is 54.5 Å². The Bertz CT molecular complexity index is 543. The Labute approximate surface area is 109 Å². The van der Waals surface area contributed by atoms with Crippen molar-refractivity contribution in [2.75, 3.05) is 0 Å². The van der Waals surface area contributed by atoms with Crippen LogP contribution in [-0.2, 0) is 6.42 Å². The molecular weight excluding hydrogens is 220 g/mol. The van der Waals surface area contributed by atoms with Gasteiger partial charge in [-0.25, -0.2) is 0 Å². The molecule has 1 unspecified atom stereocenters. The maximum atomic E-state index is 9.83. The van der Waals surface area contributed by atoms with Crippen molar-refractivity contribution in [3.8, 4) is 5.75 Å². The lowest BCUT2D eigenvalue weighted by Crippen LogP contribution is -2.02. The lowest BCUT2D eigenvalue weighted by molar-refractivity contribution is 0.466. The van der Waals surface area contributed by atoms with Crippen LogP contribution in [0.3, 0.4) is 0 Å². The van der Waals surface area contributed by atoms with E-state index < -0.39 is 0 Å². The number of hydrogen-bond donors (Lipinski definition) is 1. The Morgan fingerprint density at radius 1 is 1.00 bits per heavy atom. The van der Waals surface area contributed by atoms with Crippen molar-refractivity contribution < 1.29 is 5.11 Å². The van der Waals surface area contributed by atoms with Crippen LogP contribution < -0.4 is 0 Å². The average molecular weight is 240 g/mol. The van der Waals surface area contributed by atoms with Crippen molar-refractivity contribution in [1.82, 2.24) is 0 Å². The molecule has 0 fully saturated rings. The van der Waals surface area contributed by atoms with E-state index in [1.165, 1.54) is 16.7 Å². The summed E-state index contributed by atoms with van der Waals surface area (Å²) in [5, 5.41) is 9.83. The van der Waals surface area contributed by atoms with E-state index in [0.29, 0.717) is 11.7 Å². The van der Waals surface area contributed by atoms with Crippen molar-refractivity contribution in [2.24, 2.45) is 0 Å². The van der Waals surface area contributed by atoms with Crippen molar-refractivity contribution in [2.45, 2.75) is 33.1 Å². The number of para-hydroxylation sites is 1. The van der Waals surface area contributed by atoms with Gasteiger partial charge in [0.25, 0.3) is 0 Å². The number of aryl methyl sites for hydroxylation is 1. The average Bonchev–Trinajstić information content (AvgIpc) is 2.35. The van der Waals surface area contributed by atoms with Gasteiger partial charge in [0.15, 0.2) is 0 Å². The molecule has 2 aromatic rings. The van der Waals surface area contributed by atoms with E-state index in [2.05, 4.69) is 39.0 Å². The summed E-state index contributed by atoms with van der Waals surface area (Å²) in [5.41, 5.74) is 5.08. The fraction of sp³-hybridized carbons (Fsp3) is 0.294. The summed E-state index contributed by atoms with van der Waals surface area (Å²) in [5.74, 6) is 0.813. The van der Waals surface area contributed by atoms with Gasteiger partial charge in [-0.2, -0.15) is 0 Å². The molecule has 0 bridgehead atoms. The first-order valence-electron chi connectivity index (χ1n) is 6.42. The quantitative estimate of drug-likeness (QED) is 0.845. The molecule has 1 heteroatoms. The molecule has 0 saturated heterocycles. The van der Waals surface area contributed by atoms with Gasteiger partial charge in [-0.15, -0.1) is 0 Å². The zero-order valence-electron chi connectivity index (χ0n) is 11.3. The van der Waals surface area contributed by atoms with Crippen LogP contribution in [0.5, 0.6) is 5.75 Å².